The van der Waals surface area contributed by atoms with Crippen molar-refractivity contribution >= 4 is 11.9 Å². The largest absolute Gasteiger partial charge is 0.490 e. The number of esters is 2. The van der Waals surface area contributed by atoms with Gasteiger partial charge in [0.15, 0.2) is 11.6 Å². The van der Waals surface area contributed by atoms with E-state index < -0.39 is 23.2 Å². The van der Waals surface area contributed by atoms with Crippen molar-refractivity contribution in [2.75, 3.05) is 6.61 Å². The van der Waals surface area contributed by atoms with Crippen molar-refractivity contribution in [1.29, 1.82) is 0 Å². The molecule has 7 heteroatoms. The number of benzene rings is 2. The zero-order chi connectivity index (χ0) is 25.2. The molecule has 1 aliphatic carbocycles. The Bertz CT molecular complexity index is 982. The molecule has 5 nitrogen and oxygen atoms in total. The van der Waals surface area contributed by atoms with Gasteiger partial charge in [0.05, 0.1) is 18.1 Å². The van der Waals surface area contributed by atoms with Gasteiger partial charge in [0.2, 0.25) is 5.82 Å². The van der Waals surface area contributed by atoms with Crippen molar-refractivity contribution in [2.45, 2.75) is 71.6 Å². The van der Waals surface area contributed by atoms with Gasteiger partial charge in [0, 0.05) is 0 Å². The summed E-state index contributed by atoms with van der Waals surface area (Å²) in [5, 5.41) is 0. The summed E-state index contributed by atoms with van der Waals surface area (Å²) in [6, 6.07) is 8.23. The van der Waals surface area contributed by atoms with Crippen LogP contribution in [0.3, 0.4) is 0 Å². The first-order valence-corrected chi connectivity index (χ1v) is 12.6. The van der Waals surface area contributed by atoms with Crippen LogP contribution in [0.5, 0.6) is 17.2 Å². The molecule has 0 saturated heterocycles. The summed E-state index contributed by atoms with van der Waals surface area (Å²) in [4.78, 5) is 24.9. The van der Waals surface area contributed by atoms with Gasteiger partial charge in [0.1, 0.15) is 11.5 Å². The Labute approximate surface area is 205 Å². The summed E-state index contributed by atoms with van der Waals surface area (Å²) in [5.41, 5.74) is -0.535. The van der Waals surface area contributed by atoms with E-state index in [0.29, 0.717) is 18.1 Å². The van der Waals surface area contributed by atoms with Crippen molar-refractivity contribution in [2.24, 2.45) is 11.8 Å². The number of hydrogen-bond acceptors (Lipinski definition) is 5. The maximum Gasteiger partial charge on any atom is 0.346 e. The van der Waals surface area contributed by atoms with Crippen molar-refractivity contribution < 1.29 is 32.6 Å². The van der Waals surface area contributed by atoms with Crippen LogP contribution in [-0.2, 0) is 4.79 Å². The lowest BCUT2D eigenvalue weighted by Crippen LogP contribution is -2.25. The first kappa shape index (κ1) is 26.6. The number of ether oxygens (including phenoxy) is 3. The minimum absolute atomic E-state index is 0.0999. The Hall–Kier alpha value is -2.96. The standard InChI is InChI=1S/C28H34F2O5/c1-3-5-6-7-19-8-10-20(11-9-19)27(31)34-21-12-14-22(15-13-21)35-28(32)23-16-17-24(33-18-4-2)26(30)25(23)29/h12-17,19-20H,3-11,18H2,1-2H3. The van der Waals surface area contributed by atoms with Gasteiger partial charge in [-0.1, -0.05) is 39.5 Å². The molecule has 0 unspecified atom stereocenters. The van der Waals surface area contributed by atoms with E-state index in [2.05, 4.69) is 6.92 Å². The molecular weight excluding hydrogens is 454 g/mol. The fourth-order valence-corrected chi connectivity index (χ4v) is 4.32. The second-order valence-electron chi connectivity index (χ2n) is 9.08. The predicted octanol–water partition coefficient (Wildman–Crippen LogP) is 7.26. The number of unbranched alkanes of at least 4 members (excludes halogenated alkanes) is 2. The minimum Gasteiger partial charge on any atom is -0.490 e. The van der Waals surface area contributed by atoms with Crippen LogP contribution >= 0.6 is 0 Å². The van der Waals surface area contributed by atoms with Crippen LogP contribution in [0.15, 0.2) is 36.4 Å². The van der Waals surface area contributed by atoms with Gasteiger partial charge in [-0.15, -0.1) is 0 Å². The second-order valence-corrected chi connectivity index (χ2v) is 9.08. The van der Waals surface area contributed by atoms with Crippen LogP contribution in [0.1, 0.15) is 82.0 Å². The first-order chi connectivity index (χ1) is 16.9. The highest BCUT2D eigenvalue weighted by molar-refractivity contribution is 5.91. The molecule has 190 valence electrons. The van der Waals surface area contributed by atoms with E-state index in [4.69, 9.17) is 14.2 Å². The average molecular weight is 489 g/mol. The molecule has 1 fully saturated rings. The van der Waals surface area contributed by atoms with Crippen LogP contribution in [0.4, 0.5) is 8.78 Å². The molecular formula is C28H34F2O5. The highest BCUT2D eigenvalue weighted by atomic mass is 19.2. The van der Waals surface area contributed by atoms with Crippen molar-refractivity contribution in [1.82, 2.24) is 0 Å². The molecule has 2 aromatic carbocycles. The van der Waals surface area contributed by atoms with E-state index in [1.54, 1.807) is 0 Å². The fourth-order valence-electron chi connectivity index (χ4n) is 4.32. The molecule has 0 amide bonds. The third-order valence-corrected chi connectivity index (χ3v) is 6.38. The molecule has 0 spiro atoms. The van der Waals surface area contributed by atoms with Gasteiger partial charge in [-0.2, -0.15) is 4.39 Å². The van der Waals surface area contributed by atoms with Crippen molar-refractivity contribution in [3.05, 3.63) is 53.6 Å². The summed E-state index contributed by atoms with van der Waals surface area (Å²) in [5.74, 6) is -3.02. The highest BCUT2D eigenvalue weighted by Gasteiger charge is 2.27. The fraction of sp³-hybridized carbons (Fsp3) is 0.500. The molecule has 0 aliphatic heterocycles. The molecule has 35 heavy (non-hydrogen) atoms. The Balaban J connectivity index is 1.51. The normalized spacial score (nSPS) is 17.6. The van der Waals surface area contributed by atoms with E-state index in [0.717, 1.165) is 31.7 Å². The summed E-state index contributed by atoms with van der Waals surface area (Å²) in [6.07, 6.45) is 9.41. The Morgan fingerprint density at radius 1 is 0.829 bits per heavy atom. The quantitative estimate of drug-likeness (QED) is 0.189. The number of rotatable bonds is 11. The maximum absolute atomic E-state index is 14.3. The maximum atomic E-state index is 14.3. The third-order valence-electron chi connectivity index (χ3n) is 6.38. The molecule has 0 aromatic heterocycles. The monoisotopic (exact) mass is 488 g/mol. The third kappa shape index (κ3) is 7.51. The van der Waals surface area contributed by atoms with Gasteiger partial charge >= 0.3 is 11.9 Å². The van der Waals surface area contributed by atoms with Gasteiger partial charge in [-0.3, -0.25) is 4.79 Å². The summed E-state index contributed by atoms with van der Waals surface area (Å²) >= 11 is 0. The highest BCUT2D eigenvalue weighted by Crippen LogP contribution is 2.33. The minimum atomic E-state index is -1.32. The second kappa shape index (κ2) is 13.2. The van der Waals surface area contributed by atoms with Crippen LogP contribution < -0.4 is 14.2 Å². The number of halogens is 2. The van der Waals surface area contributed by atoms with Gasteiger partial charge in [0.25, 0.3) is 0 Å². The number of carbonyl (C=O) groups is 2. The van der Waals surface area contributed by atoms with E-state index in [9.17, 15) is 18.4 Å². The van der Waals surface area contributed by atoms with E-state index in [1.807, 2.05) is 6.92 Å². The lowest BCUT2D eigenvalue weighted by Gasteiger charge is -2.27. The molecule has 3 rings (SSSR count). The summed E-state index contributed by atoms with van der Waals surface area (Å²) in [7, 11) is 0. The van der Waals surface area contributed by atoms with Gasteiger partial charge in [-0.25, -0.2) is 9.18 Å². The Morgan fingerprint density at radius 2 is 1.49 bits per heavy atom. The van der Waals surface area contributed by atoms with E-state index >= 15 is 0 Å². The summed E-state index contributed by atoms with van der Waals surface area (Å²) in [6.45, 7) is 4.27. The van der Waals surface area contributed by atoms with Crippen molar-refractivity contribution in [3.63, 3.8) is 0 Å². The zero-order valence-electron chi connectivity index (χ0n) is 20.5. The molecule has 0 N–H and O–H groups in total. The molecule has 0 bridgehead atoms. The molecule has 1 aliphatic rings. The van der Waals surface area contributed by atoms with Gasteiger partial charge in [-0.05, 0) is 74.4 Å². The van der Waals surface area contributed by atoms with Crippen LogP contribution in [0.25, 0.3) is 0 Å². The number of hydrogen-bond donors (Lipinski definition) is 0. The Morgan fingerprint density at radius 3 is 2.11 bits per heavy atom. The molecule has 2 aromatic rings. The first-order valence-electron chi connectivity index (χ1n) is 12.6. The lowest BCUT2D eigenvalue weighted by atomic mass is 9.80. The van der Waals surface area contributed by atoms with Crippen molar-refractivity contribution in [3.8, 4) is 17.2 Å². The van der Waals surface area contributed by atoms with Crippen LogP contribution in [-0.4, -0.2) is 18.5 Å². The Kier molecular flexibility index (Phi) is 10.1. The van der Waals surface area contributed by atoms with E-state index in [1.165, 1.54) is 56.0 Å². The lowest BCUT2D eigenvalue weighted by molar-refractivity contribution is -0.140. The van der Waals surface area contributed by atoms with Crippen LogP contribution in [0.2, 0.25) is 0 Å². The van der Waals surface area contributed by atoms with Gasteiger partial charge < -0.3 is 14.2 Å². The summed E-state index contributed by atoms with van der Waals surface area (Å²) < 4.78 is 44.3. The smallest absolute Gasteiger partial charge is 0.346 e. The molecule has 0 atom stereocenters. The topological polar surface area (TPSA) is 61.8 Å². The van der Waals surface area contributed by atoms with E-state index in [-0.39, 0.29) is 30.0 Å². The average Bonchev–Trinajstić information content (AvgIpc) is 2.86. The van der Waals surface area contributed by atoms with Crippen LogP contribution in [0, 0.1) is 23.5 Å². The predicted molar refractivity (Wildman–Crippen MR) is 129 cm³/mol. The SMILES string of the molecule is CCCCCC1CCC(C(=O)Oc2ccc(OC(=O)c3ccc(OCCC)c(F)c3F)cc2)CC1. The zero-order valence-corrected chi connectivity index (χ0v) is 20.5. The molecule has 0 heterocycles. The molecule has 1 saturated carbocycles. The molecule has 0 radical (unpaired) electrons. The number of carbonyl (C=O) groups excluding carboxylic acids is 2.